The molecule has 5 nitrogen and oxygen atoms in total. The highest BCUT2D eigenvalue weighted by atomic mass is 19.4. The highest BCUT2D eigenvalue weighted by molar-refractivity contribution is 5.92. The second-order valence-electron chi connectivity index (χ2n) is 6.82. The van der Waals surface area contributed by atoms with Crippen LogP contribution in [0.4, 0.5) is 13.2 Å². The number of hydrogen-bond acceptors (Lipinski definition) is 3. The maximum absolute atomic E-state index is 12.9. The lowest BCUT2D eigenvalue weighted by Gasteiger charge is -2.37. The minimum Gasteiger partial charge on any atom is -0.336 e. The smallest absolute Gasteiger partial charge is 0.336 e. The van der Waals surface area contributed by atoms with E-state index in [0.717, 1.165) is 25.7 Å². The molecule has 1 aliphatic heterocycles. The van der Waals surface area contributed by atoms with Crippen molar-refractivity contribution < 1.29 is 18.0 Å². The predicted octanol–water partition coefficient (Wildman–Crippen LogP) is 2.74. The molecule has 1 aromatic heterocycles. The van der Waals surface area contributed by atoms with E-state index in [-0.39, 0.29) is 25.4 Å². The molecule has 1 saturated carbocycles. The van der Waals surface area contributed by atoms with Crippen LogP contribution in [0, 0.1) is 5.92 Å². The Morgan fingerprint density at radius 2 is 1.92 bits per heavy atom. The van der Waals surface area contributed by atoms with Crippen LogP contribution in [-0.2, 0) is 0 Å². The van der Waals surface area contributed by atoms with E-state index in [2.05, 4.69) is 5.10 Å². The zero-order valence-electron chi connectivity index (χ0n) is 13.5. The van der Waals surface area contributed by atoms with Gasteiger partial charge in [-0.15, -0.1) is 0 Å². The average Bonchev–Trinajstić information content (AvgIpc) is 3.03. The molecule has 0 aromatic carbocycles. The van der Waals surface area contributed by atoms with E-state index in [4.69, 9.17) is 5.73 Å². The summed E-state index contributed by atoms with van der Waals surface area (Å²) in [6.07, 6.45) is 2.99. The summed E-state index contributed by atoms with van der Waals surface area (Å²) >= 11 is 0. The van der Waals surface area contributed by atoms with E-state index < -0.39 is 18.1 Å². The van der Waals surface area contributed by atoms with Crippen molar-refractivity contribution in [2.75, 3.05) is 13.1 Å². The van der Waals surface area contributed by atoms with Gasteiger partial charge >= 0.3 is 6.18 Å². The van der Waals surface area contributed by atoms with Crippen LogP contribution in [0.1, 0.15) is 55.1 Å². The van der Waals surface area contributed by atoms with Crippen molar-refractivity contribution in [3.63, 3.8) is 0 Å². The van der Waals surface area contributed by atoms with E-state index in [1.54, 1.807) is 12.3 Å². The van der Waals surface area contributed by atoms with Crippen molar-refractivity contribution in [2.45, 2.75) is 56.8 Å². The van der Waals surface area contributed by atoms with E-state index in [9.17, 15) is 18.0 Å². The number of carbonyl (C=O) groups is 1. The van der Waals surface area contributed by atoms with E-state index in [1.165, 1.54) is 11.3 Å². The molecule has 2 atom stereocenters. The molecule has 0 spiro atoms. The maximum Gasteiger partial charge on any atom is 0.393 e. The second kappa shape index (κ2) is 6.74. The molecule has 1 amide bonds. The van der Waals surface area contributed by atoms with E-state index in [0.29, 0.717) is 11.7 Å². The zero-order chi connectivity index (χ0) is 17.3. The number of aromatic nitrogens is 2. The third-order valence-electron chi connectivity index (χ3n) is 5.14. The lowest BCUT2D eigenvalue weighted by Crippen LogP contribution is -2.54. The molecule has 1 aliphatic carbocycles. The van der Waals surface area contributed by atoms with Crippen LogP contribution in [-0.4, -0.2) is 45.9 Å². The second-order valence-corrected chi connectivity index (χ2v) is 6.82. The summed E-state index contributed by atoms with van der Waals surface area (Å²) in [7, 11) is 0. The molecule has 2 fully saturated rings. The Balaban J connectivity index is 1.64. The number of piperidine rings is 1. The molecule has 1 aromatic rings. The van der Waals surface area contributed by atoms with Crippen LogP contribution in [0.25, 0.3) is 0 Å². The Kier molecular flexibility index (Phi) is 4.85. The lowest BCUT2D eigenvalue weighted by atomic mass is 9.91. The predicted molar refractivity (Wildman–Crippen MR) is 82.4 cm³/mol. The molecule has 0 radical (unpaired) electrons. The van der Waals surface area contributed by atoms with Gasteiger partial charge in [-0.3, -0.25) is 9.48 Å². The summed E-state index contributed by atoms with van der Waals surface area (Å²) in [6, 6.07) is 0.889. The van der Waals surface area contributed by atoms with Crippen LogP contribution >= 0.6 is 0 Å². The van der Waals surface area contributed by atoms with Crippen LogP contribution in [0.2, 0.25) is 0 Å². The number of carbonyl (C=O) groups excluding carboxylic acids is 1. The Bertz CT molecular complexity index is 580. The first-order chi connectivity index (χ1) is 11.4. The Morgan fingerprint density at radius 1 is 1.21 bits per heavy atom. The summed E-state index contributed by atoms with van der Waals surface area (Å²) in [6.45, 7) is -0.0215. The van der Waals surface area contributed by atoms with Gasteiger partial charge in [-0.2, -0.15) is 18.3 Å². The highest BCUT2D eigenvalue weighted by Gasteiger charge is 2.46. The number of halogens is 3. The van der Waals surface area contributed by atoms with Gasteiger partial charge in [-0.1, -0.05) is 19.3 Å². The van der Waals surface area contributed by atoms with Crippen molar-refractivity contribution in [2.24, 2.45) is 11.7 Å². The van der Waals surface area contributed by atoms with Crippen LogP contribution in [0.5, 0.6) is 0 Å². The summed E-state index contributed by atoms with van der Waals surface area (Å²) < 4.78 is 40.4. The van der Waals surface area contributed by atoms with Crippen LogP contribution < -0.4 is 5.73 Å². The van der Waals surface area contributed by atoms with Crippen molar-refractivity contribution in [1.82, 2.24) is 14.7 Å². The Hall–Kier alpha value is -1.57. The topological polar surface area (TPSA) is 64.2 Å². The number of alkyl halides is 3. The normalized spacial score (nSPS) is 26.6. The van der Waals surface area contributed by atoms with Gasteiger partial charge in [0.15, 0.2) is 0 Å². The van der Waals surface area contributed by atoms with Gasteiger partial charge in [0, 0.05) is 25.3 Å². The Labute approximate surface area is 139 Å². The summed E-state index contributed by atoms with van der Waals surface area (Å²) in [5.74, 6) is -1.87. The minimum atomic E-state index is -4.31. The number of likely N-dealkylation sites (tertiary alicyclic amines) is 1. The van der Waals surface area contributed by atoms with Crippen molar-refractivity contribution in [3.05, 3.63) is 18.0 Å². The van der Waals surface area contributed by atoms with E-state index >= 15 is 0 Å². The number of nitrogens with zero attached hydrogens (tertiary/aromatic N) is 3. The molecule has 0 bridgehead atoms. The van der Waals surface area contributed by atoms with Crippen molar-refractivity contribution in [3.8, 4) is 0 Å². The number of amides is 1. The largest absolute Gasteiger partial charge is 0.393 e. The molecule has 2 unspecified atom stereocenters. The first-order valence-corrected chi connectivity index (χ1v) is 8.53. The SMILES string of the molecule is NC1CN(C(=O)c2ccn(C3CCCCC3)n2)CCC1C(F)(F)F. The summed E-state index contributed by atoms with van der Waals surface area (Å²) in [5, 5.41) is 4.36. The minimum absolute atomic E-state index is 0.0625. The third kappa shape index (κ3) is 3.58. The van der Waals surface area contributed by atoms with Crippen LogP contribution in [0.15, 0.2) is 12.3 Å². The number of hydrogen-bond donors (Lipinski definition) is 1. The molecular weight excluding hydrogens is 321 g/mol. The molecule has 2 heterocycles. The fraction of sp³-hybridized carbons (Fsp3) is 0.750. The van der Waals surface area contributed by atoms with Gasteiger partial charge in [-0.25, -0.2) is 0 Å². The Morgan fingerprint density at radius 3 is 2.54 bits per heavy atom. The van der Waals surface area contributed by atoms with Crippen LogP contribution in [0.3, 0.4) is 0 Å². The average molecular weight is 344 g/mol. The molecule has 2 aliphatic rings. The lowest BCUT2D eigenvalue weighted by molar-refractivity contribution is -0.188. The summed E-state index contributed by atoms with van der Waals surface area (Å²) in [4.78, 5) is 13.9. The van der Waals surface area contributed by atoms with Gasteiger partial charge < -0.3 is 10.6 Å². The monoisotopic (exact) mass is 344 g/mol. The van der Waals surface area contributed by atoms with Gasteiger partial charge in [-0.05, 0) is 25.3 Å². The first-order valence-electron chi connectivity index (χ1n) is 8.53. The fourth-order valence-corrected chi connectivity index (χ4v) is 3.74. The van der Waals surface area contributed by atoms with E-state index in [1.807, 2.05) is 4.68 Å². The molecule has 8 heteroatoms. The third-order valence-corrected chi connectivity index (χ3v) is 5.14. The first kappa shape index (κ1) is 17.3. The van der Waals surface area contributed by atoms with Gasteiger partial charge in [0.25, 0.3) is 5.91 Å². The van der Waals surface area contributed by atoms with Gasteiger partial charge in [0.1, 0.15) is 5.69 Å². The zero-order valence-corrected chi connectivity index (χ0v) is 13.5. The van der Waals surface area contributed by atoms with Gasteiger partial charge in [0.2, 0.25) is 0 Å². The maximum atomic E-state index is 12.9. The quantitative estimate of drug-likeness (QED) is 0.897. The van der Waals surface area contributed by atoms with Crippen molar-refractivity contribution in [1.29, 1.82) is 0 Å². The summed E-state index contributed by atoms with van der Waals surface area (Å²) in [5.41, 5.74) is 5.94. The molecule has 24 heavy (non-hydrogen) atoms. The molecule has 1 saturated heterocycles. The molecule has 134 valence electrons. The fourth-order valence-electron chi connectivity index (χ4n) is 3.74. The number of nitrogens with two attached hydrogens (primary N) is 1. The molecule has 3 rings (SSSR count). The highest BCUT2D eigenvalue weighted by Crippen LogP contribution is 2.34. The number of rotatable bonds is 2. The molecule has 2 N–H and O–H groups in total. The standard InChI is InChI=1S/C16H23F3N4O/c17-16(18,19)12-6-8-22(10-13(12)20)15(24)14-7-9-23(21-14)11-4-2-1-3-5-11/h7,9,11-13H,1-6,8,10,20H2. The molecular formula is C16H23F3N4O. The van der Waals surface area contributed by atoms with Gasteiger partial charge in [0.05, 0.1) is 12.0 Å². The van der Waals surface area contributed by atoms with Crippen molar-refractivity contribution >= 4 is 5.91 Å².